The maximum atomic E-state index is 10.8. The first-order chi connectivity index (χ1) is 14.1. The van der Waals surface area contributed by atoms with Gasteiger partial charge in [-0.15, -0.1) is 0 Å². The Bertz CT molecular complexity index is 867. The van der Waals surface area contributed by atoms with Gasteiger partial charge in [0.15, 0.2) is 19.7 Å². The molecule has 0 aromatic rings. The second-order valence-electron chi connectivity index (χ2n) is 10.6. The molecule has 0 aromatic carbocycles. The molecule has 3 aliphatic carbocycles. The fourth-order valence-corrected chi connectivity index (χ4v) is 6.07. The molecule has 2 bridgehead atoms. The summed E-state index contributed by atoms with van der Waals surface area (Å²) < 4.78 is 20.4. The molecular weight excluding hydrogens is 392 g/mol. The molecule has 1 saturated heterocycles. The number of rotatable bonds is 2. The van der Waals surface area contributed by atoms with Crippen molar-refractivity contribution in [2.45, 2.75) is 107 Å². The normalized spacial score (nSPS) is 35.9. The van der Waals surface area contributed by atoms with Gasteiger partial charge in [-0.1, -0.05) is 56.9 Å². The SMILES string of the molecule is CC(C)(C)[Si](C)(C)O[C@]12C#C/C=C\C#C[C@@H](O)C(=C[C@H]3OC4(CCCCC4)O[C@H]31)C2. The summed E-state index contributed by atoms with van der Waals surface area (Å²) in [6.45, 7) is 11.2. The Kier molecular flexibility index (Phi) is 5.58. The van der Waals surface area contributed by atoms with Crippen LogP contribution in [0.1, 0.15) is 59.3 Å². The van der Waals surface area contributed by atoms with Crippen LogP contribution in [0.4, 0.5) is 0 Å². The minimum Gasteiger partial charge on any atom is -0.398 e. The van der Waals surface area contributed by atoms with E-state index in [2.05, 4.69) is 57.5 Å². The van der Waals surface area contributed by atoms with Gasteiger partial charge in [-0.3, -0.25) is 0 Å². The van der Waals surface area contributed by atoms with Gasteiger partial charge in [0.2, 0.25) is 0 Å². The van der Waals surface area contributed by atoms with Crippen LogP contribution in [0.15, 0.2) is 23.8 Å². The zero-order valence-corrected chi connectivity index (χ0v) is 19.9. The van der Waals surface area contributed by atoms with Gasteiger partial charge in [0.25, 0.3) is 0 Å². The topological polar surface area (TPSA) is 47.9 Å². The zero-order valence-electron chi connectivity index (χ0n) is 18.9. The van der Waals surface area contributed by atoms with Crippen LogP contribution in [0.3, 0.4) is 0 Å². The summed E-state index contributed by atoms with van der Waals surface area (Å²) in [4.78, 5) is 0. The number of fused-ring (bicyclic) bond motifs is 4. The van der Waals surface area contributed by atoms with Gasteiger partial charge in [0.1, 0.15) is 18.3 Å². The average molecular weight is 427 g/mol. The average Bonchev–Trinajstić information content (AvgIpc) is 3.01. The Morgan fingerprint density at radius 1 is 1.10 bits per heavy atom. The molecule has 0 radical (unpaired) electrons. The van der Waals surface area contributed by atoms with Crippen molar-refractivity contribution in [2.75, 3.05) is 0 Å². The highest BCUT2D eigenvalue weighted by atomic mass is 28.4. The largest absolute Gasteiger partial charge is 0.398 e. The first-order valence-corrected chi connectivity index (χ1v) is 14.1. The van der Waals surface area contributed by atoms with Crippen molar-refractivity contribution in [3.8, 4) is 23.7 Å². The van der Waals surface area contributed by atoms with Crippen molar-refractivity contribution in [2.24, 2.45) is 0 Å². The van der Waals surface area contributed by atoms with Crippen molar-refractivity contribution < 1.29 is 19.0 Å². The molecule has 162 valence electrons. The fourth-order valence-electron chi connectivity index (χ4n) is 4.62. The molecule has 5 heteroatoms. The monoisotopic (exact) mass is 426 g/mol. The van der Waals surface area contributed by atoms with Crippen molar-refractivity contribution >= 4 is 8.32 Å². The van der Waals surface area contributed by atoms with Gasteiger partial charge in [0, 0.05) is 19.3 Å². The number of aliphatic hydroxyl groups excluding tert-OH is 1. The number of allylic oxidation sites excluding steroid dienone is 2. The molecular formula is C25H34O4Si. The van der Waals surface area contributed by atoms with Gasteiger partial charge in [-0.05, 0) is 48.7 Å². The summed E-state index contributed by atoms with van der Waals surface area (Å²) in [5.41, 5.74) is -0.0354. The van der Waals surface area contributed by atoms with Gasteiger partial charge < -0.3 is 19.0 Å². The highest BCUT2D eigenvalue weighted by Gasteiger charge is 2.60. The highest BCUT2D eigenvalue weighted by molar-refractivity contribution is 6.74. The van der Waals surface area contributed by atoms with E-state index in [1.807, 2.05) is 6.08 Å². The van der Waals surface area contributed by atoms with E-state index in [1.165, 1.54) is 6.42 Å². The lowest BCUT2D eigenvalue weighted by molar-refractivity contribution is -0.201. The smallest absolute Gasteiger partial charge is 0.194 e. The quantitative estimate of drug-likeness (QED) is 0.402. The van der Waals surface area contributed by atoms with Gasteiger partial charge in [-0.2, -0.15) is 0 Å². The van der Waals surface area contributed by atoms with Crippen molar-refractivity contribution in [1.29, 1.82) is 0 Å². The molecule has 0 unspecified atom stereocenters. The van der Waals surface area contributed by atoms with Crippen LogP contribution < -0.4 is 0 Å². The van der Waals surface area contributed by atoms with E-state index in [9.17, 15) is 5.11 Å². The molecule has 4 rings (SSSR count). The summed E-state index contributed by atoms with van der Waals surface area (Å²) in [6.07, 6.45) is 9.70. The molecule has 1 aliphatic heterocycles. The molecule has 4 nitrogen and oxygen atoms in total. The number of hydrogen-bond donors (Lipinski definition) is 1. The van der Waals surface area contributed by atoms with Crippen LogP contribution in [-0.2, 0) is 13.9 Å². The number of ether oxygens (including phenoxy) is 2. The molecule has 1 spiro atoms. The molecule has 0 amide bonds. The summed E-state index contributed by atoms with van der Waals surface area (Å²) in [7, 11) is -2.20. The summed E-state index contributed by atoms with van der Waals surface area (Å²) >= 11 is 0. The predicted octanol–water partition coefficient (Wildman–Crippen LogP) is 4.46. The van der Waals surface area contributed by atoms with Crippen molar-refractivity contribution in [3.63, 3.8) is 0 Å². The van der Waals surface area contributed by atoms with Gasteiger partial charge >= 0.3 is 0 Å². The summed E-state index contributed by atoms with van der Waals surface area (Å²) in [6, 6.07) is 0. The van der Waals surface area contributed by atoms with E-state index >= 15 is 0 Å². The summed E-state index contributed by atoms with van der Waals surface area (Å²) in [5, 5.41) is 10.8. The first kappa shape index (κ1) is 21.9. The van der Waals surface area contributed by atoms with Crippen LogP contribution in [0.25, 0.3) is 0 Å². The minimum atomic E-state index is -2.20. The minimum absolute atomic E-state index is 0.0197. The van der Waals surface area contributed by atoms with Crippen molar-refractivity contribution in [3.05, 3.63) is 23.8 Å². The van der Waals surface area contributed by atoms with Crippen molar-refractivity contribution in [1.82, 2.24) is 0 Å². The second kappa shape index (κ2) is 7.66. The zero-order chi connectivity index (χ0) is 21.6. The third-order valence-corrected chi connectivity index (χ3v) is 11.7. The van der Waals surface area contributed by atoms with Crippen LogP contribution in [0.5, 0.6) is 0 Å². The molecule has 0 aromatic heterocycles. The number of aliphatic hydroxyl groups is 1. The van der Waals surface area contributed by atoms with E-state index < -0.39 is 25.8 Å². The Hall–Kier alpha value is -1.34. The summed E-state index contributed by atoms with van der Waals surface area (Å²) in [5.74, 6) is 11.8. The van der Waals surface area contributed by atoms with E-state index in [4.69, 9.17) is 13.9 Å². The first-order valence-electron chi connectivity index (χ1n) is 11.2. The van der Waals surface area contributed by atoms with Crippen LogP contribution in [0, 0.1) is 23.7 Å². The Labute approximate surface area is 182 Å². The van der Waals surface area contributed by atoms with E-state index in [0.717, 1.165) is 31.3 Å². The van der Waals surface area contributed by atoms with E-state index in [1.54, 1.807) is 12.2 Å². The van der Waals surface area contributed by atoms with E-state index in [-0.39, 0.29) is 17.2 Å². The lowest BCUT2D eigenvalue weighted by atomic mass is 9.79. The molecule has 4 aliphatic rings. The Morgan fingerprint density at radius 3 is 2.50 bits per heavy atom. The maximum absolute atomic E-state index is 10.8. The van der Waals surface area contributed by atoms with Crippen LogP contribution >= 0.6 is 0 Å². The standard InChI is InChI=1S/C25H34O4Si/c1-23(2,3)30(4,5)29-24-14-10-7-6-9-13-20(26)19(18-24)17-21-22(24)28-25(27-21)15-11-8-12-16-25/h6-7,17,20-22,26H,8,11-12,15-16,18H2,1-5H3/b7-6-/t20-,21-,22-,24+/m1/s1. The highest BCUT2D eigenvalue weighted by Crippen LogP contribution is 2.51. The lowest BCUT2D eigenvalue weighted by Crippen LogP contribution is -2.59. The Morgan fingerprint density at radius 2 is 1.80 bits per heavy atom. The fraction of sp³-hybridized carbons (Fsp3) is 0.680. The number of hydrogen-bond acceptors (Lipinski definition) is 4. The molecule has 30 heavy (non-hydrogen) atoms. The van der Waals surface area contributed by atoms with E-state index in [0.29, 0.717) is 6.42 Å². The Balaban J connectivity index is 1.81. The van der Waals surface area contributed by atoms with Crippen LogP contribution in [0.2, 0.25) is 18.1 Å². The predicted molar refractivity (Wildman–Crippen MR) is 120 cm³/mol. The molecule has 4 atom stereocenters. The molecule has 2 fully saturated rings. The third kappa shape index (κ3) is 3.95. The molecule has 1 heterocycles. The van der Waals surface area contributed by atoms with Crippen LogP contribution in [-0.4, -0.2) is 43.1 Å². The van der Waals surface area contributed by atoms with Gasteiger partial charge in [-0.25, -0.2) is 0 Å². The molecule has 1 N–H and O–H groups in total. The van der Waals surface area contributed by atoms with Gasteiger partial charge in [0.05, 0.1) is 0 Å². The second-order valence-corrected chi connectivity index (χ2v) is 15.3. The lowest BCUT2D eigenvalue weighted by Gasteiger charge is -2.48. The maximum Gasteiger partial charge on any atom is 0.194 e. The third-order valence-electron chi connectivity index (χ3n) is 7.26. The molecule has 1 saturated carbocycles.